The Morgan fingerprint density at radius 2 is 1.96 bits per heavy atom. The van der Waals surface area contributed by atoms with Gasteiger partial charge < -0.3 is 15.3 Å². The second-order valence-electron chi connectivity index (χ2n) is 4.93. The van der Waals surface area contributed by atoms with Crippen LogP contribution in [0.1, 0.15) is 6.42 Å². The van der Waals surface area contributed by atoms with Gasteiger partial charge in [0.2, 0.25) is 11.8 Å². The first-order valence-electron chi connectivity index (χ1n) is 6.71. The molecule has 1 fully saturated rings. The number of thioether (sulfide) groups is 1. The van der Waals surface area contributed by atoms with Gasteiger partial charge in [-0.15, -0.1) is 11.8 Å². The van der Waals surface area contributed by atoms with E-state index in [0.717, 1.165) is 28.8 Å². The van der Waals surface area contributed by atoms with Gasteiger partial charge in [0.1, 0.15) is 17.3 Å². The third-order valence-electron chi connectivity index (χ3n) is 3.16. The fourth-order valence-electron chi connectivity index (χ4n) is 2.27. The highest BCUT2D eigenvalue weighted by atomic mass is 32.2. The highest BCUT2D eigenvalue weighted by Gasteiger charge is 2.34. The Kier molecular flexibility index (Phi) is 5.54. The molecule has 2 rings (SSSR count). The second kappa shape index (κ2) is 7.40. The normalized spacial score (nSPS) is 17.4. The maximum Gasteiger partial charge on any atom is 0.313 e. The van der Waals surface area contributed by atoms with Crippen molar-refractivity contribution in [2.75, 3.05) is 23.0 Å². The molecule has 9 heteroatoms. The summed E-state index contributed by atoms with van der Waals surface area (Å²) in [7, 11) is 0. The van der Waals surface area contributed by atoms with E-state index in [-0.39, 0.29) is 24.5 Å². The van der Waals surface area contributed by atoms with Crippen LogP contribution in [0.3, 0.4) is 0 Å². The highest BCUT2D eigenvalue weighted by molar-refractivity contribution is 8.00. The SMILES string of the molecule is O=C(O)CSCC(=O)NC1CC(=O)N(c2c(F)cccc2F)C1. The van der Waals surface area contributed by atoms with Crippen molar-refractivity contribution in [3.05, 3.63) is 29.8 Å². The quantitative estimate of drug-likeness (QED) is 0.804. The fourth-order valence-corrected chi connectivity index (χ4v) is 2.81. The standard InChI is InChI=1S/C14H14F2N2O4S/c15-9-2-1-3-10(16)14(9)18-5-8(4-12(18)20)17-11(19)6-23-7-13(21)22/h1-3,8H,4-7H2,(H,17,19)(H,21,22). The lowest BCUT2D eigenvalue weighted by Crippen LogP contribution is -2.38. The summed E-state index contributed by atoms with van der Waals surface area (Å²) in [5, 5.41) is 11.0. The van der Waals surface area contributed by atoms with Gasteiger partial charge in [-0.05, 0) is 12.1 Å². The van der Waals surface area contributed by atoms with E-state index in [1.165, 1.54) is 6.07 Å². The third kappa shape index (κ3) is 4.41. The Morgan fingerprint density at radius 3 is 2.57 bits per heavy atom. The molecular formula is C14H14F2N2O4S. The van der Waals surface area contributed by atoms with Crippen molar-refractivity contribution in [2.24, 2.45) is 0 Å². The van der Waals surface area contributed by atoms with Gasteiger partial charge in [0.05, 0.1) is 17.5 Å². The number of amides is 2. The Balaban J connectivity index is 1.95. The molecule has 124 valence electrons. The minimum absolute atomic E-state index is 0.0357. The van der Waals surface area contributed by atoms with Crippen LogP contribution in [0.15, 0.2) is 18.2 Å². The highest BCUT2D eigenvalue weighted by Crippen LogP contribution is 2.27. The third-order valence-corrected chi connectivity index (χ3v) is 4.07. The zero-order chi connectivity index (χ0) is 17.0. The zero-order valence-corrected chi connectivity index (χ0v) is 12.7. The van der Waals surface area contributed by atoms with Crippen molar-refractivity contribution >= 4 is 35.2 Å². The summed E-state index contributed by atoms with van der Waals surface area (Å²) in [5.41, 5.74) is -0.422. The predicted octanol–water partition coefficient (Wildman–Crippen LogP) is 1.00. The van der Waals surface area contributed by atoms with Crippen molar-refractivity contribution < 1.29 is 28.3 Å². The average molecular weight is 344 g/mol. The number of halogens is 2. The molecule has 0 bridgehead atoms. The molecule has 0 radical (unpaired) electrons. The number of carboxylic acids is 1. The van der Waals surface area contributed by atoms with Gasteiger partial charge in [0.15, 0.2) is 0 Å². The Morgan fingerprint density at radius 1 is 1.30 bits per heavy atom. The lowest BCUT2D eigenvalue weighted by molar-refractivity contribution is -0.133. The van der Waals surface area contributed by atoms with E-state index in [1.54, 1.807) is 0 Å². The number of carbonyl (C=O) groups is 3. The number of hydrogen-bond donors (Lipinski definition) is 2. The number of benzene rings is 1. The lowest BCUT2D eigenvalue weighted by atomic mass is 10.2. The van der Waals surface area contributed by atoms with E-state index < -0.39 is 41.1 Å². The van der Waals surface area contributed by atoms with Gasteiger partial charge in [-0.1, -0.05) is 6.07 Å². The van der Waals surface area contributed by atoms with Crippen LogP contribution in [0.5, 0.6) is 0 Å². The summed E-state index contributed by atoms with van der Waals surface area (Å²) >= 11 is 0.926. The van der Waals surface area contributed by atoms with Crippen LogP contribution in [-0.4, -0.2) is 47.0 Å². The van der Waals surface area contributed by atoms with Gasteiger partial charge in [0.25, 0.3) is 0 Å². The first-order valence-corrected chi connectivity index (χ1v) is 7.87. The maximum atomic E-state index is 13.7. The molecule has 1 heterocycles. The van der Waals surface area contributed by atoms with Crippen molar-refractivity contribution in [3.8, 4) is 0 Å². The molecule has 1 saturated heterocycles. The van der Waals surface area contributed by atoms with Gasteiger partial charge >= 0.3 is 5.97 Å². The Bertz CT molecular complexity index is 621. The number of nitrogens with one attached hydrogen (secondary N) is 1. The summed E-state index contributed by atoms with van der Waals surface area (Å²) in [6, 6.07) is 2.74. The molecule has 1 aromatic carbocycles. The van der Waals surface area contributed by atoms with Crippen LogP contribution < -0.4 is 10.2 Å². The number of carboxylic acid groups (broad SMARTS) is 1. The minimum Gasteiger partial charge on any atom is -0.481 e. The molecule has 1 aliphatic rings. The molecule has 0 aromatic heterocycles. The van der Waals surface area contributed by atoms with Crippen molar-refractivity contribution in [3.63, 3.8) is 0 Å². The van der Waals surface area contributed by atoms with E-state index in [0.29, 0.717) is 0 Å². The molecule has 0 aliphatic carbocycles. The first kappa shape index (κ1) is 17.2. The Hall–Kier alpha value is -2.16. The number of carbonyl (C=O) groups excluding carboxylic acids is 2. The molecular weight excluding hydrogens is 330 g/mol. The maximum absolute atomic E-state index is 13.7. The van der Waals surface area contributed by atoms with E-state index in [9.17, 15) is 23.2 Å². The van der Waals surface area contributed by atoms with Crippen LogP contribution in [0, 0.1) is 11.6 Å². The van der Waals surface area contributed by atoms with Crippen LogP contribution >= 0.6 is 11.8 Å². The lowest BCUT2D eigenvalue weighted by Gasteiger charge is -2.18. The number of para-hydroxylation sites is 1. The predicted molar refractivity (Wildman–Crippen MR) is 80.2 cm³/mol. The van der Waals surface area contributed by atoms with Crippen LogP contribution in [0.4, 0.5) is 14.5 Å². The van der Waals surface area contributed by atoms with E-state index in [4.69, 9.17) is 5.11 Å². The molecule has 0 saturated carbocycles. The van der Waals surface area contributed by atoms with Gasteiger partial charge in [-0.25, -0.2) is 8.78 Å². The molecule has 1 aromatic rings. The molecule has 1 unspecified atom stereocenters. The molecule has 2 N–H and O–H groups in total. The van der Waals surface area contributed by atoms with Crippen LogP contribution in [0.25, 0.3) is 0 Å². The summed E-state index contributed by atoms with van der Waals surface area (Å²) in [5.74, 6) is -3.90. The molecule has 6 nitrogen and oxygen atoms in total. The molecule has 0 spiro atoms. The van der Waals surface area contributed by atoms with E-state index in [1.807, 2.05) is 0 Å². The smallest absolute Gasteiger partial charge is 0.313 e. The van der Waals surface area contributed by atoms with Gasteiger partial charge in [-0.2, -0.15) is 0 Å². The fraction of sp³-hybridized carbons (Fsp3) is 0.357. The zero-order valence-electron chi connectivity index (χ0n) is 11.9. The Labute approximate surface area is 134 Å². The van der Waals surface area contributed by atoms with Crippen LogP contribution in [0.2, 0.25) is 0 Å². The van der Waals surface area contributed by atoms with Crippen molar-refractivity contribution in [2.45, 2.75) is 12.5 Å². The number of hydrogen-bond acceptors (Lipinski definition) is 4. The first-order chi connectivity index (χ1) is 10.9. The van der Waals surface area contributed by atoms with Gasteiger partial charge in [0, 0.05) is 13.0 Å². The minimum atomic E-state index is -1.03. The molecule has 1 atom stereocenters. The number of aliphatic carboxylic acids is 1. The van der Waals surface area contributed by atoms with Crippen molar-refractivity contribution in [1.29, 1.82) is 0 Å². The monoisotopic (exact) mass is 344 g/mol. The van der Waals surface area contributed by atoms with Crippen LogP contribution in [-0.2, 0) is 14.4 Å². The summed E-state index contributed by atoms with van der Waals surface area (Å²) < 4.78 is 27.5. The number of anilines is 1. The largest absolute Gasteiger partial charge is 0.481 e. The summed E-state index contributed by atoms with van der Waals surface area (Å²) in [6.45, 7) is -0.0357. The molecule has 23 heavy (non-hydrogen) atoms. The summed E-state index contributed by atoms with van der Waals surface area (Å²) in [4.78, 5) is 34.9. The number of nitrogens with zero attached hydrogens (tertiary/aromatic N) is 1. The second-order valence-corrected chi connectivity index (χ2v) is 5.92. The molecule has 1 aliphatic heterocycles. The van der Waals surface area contributed by atoms with E-state index in [2.05, 4.69) is 5.32 Å². The summed E-state index contributed by atoms with van der Waals surface area (Å²) in [6.07, 6.45) is -0.0664. The number of rotatable bonds is 6. The average Bonchev–Trinajstić information content (AvgIpc) is 2.78. The van der Waals surface area contributed by atoms with E-state index >= 15 is 0 Å². The topological polar surface area (TPSA) is 86.7 Å². The van der Waals surface area contributed by atoms with Gasteiger partial charge in [-0.3, -0.25) is 14.4 Å². The van der Waals surface area contributed by atoms with Crippen molar-refractivity contribution in [1.82, 2.24) is 5.32 Å². The molecule has 2 amide bonds.